The Labute approximate surface area is 126 Å². The van der Waals surface area contributed by atoms with Gasteiger partial charge in [0.1, 0.15) is 11.8 Å². The SMILES string of the molecule is CCCn1ncc(OC)c1C(O)c1c(C)cc(C)cc1C. The van der Waals surface area contributed by atoms with Gasteiger partial charge < -0.3 is 9.84 Å². The van der Waals surface area contributed by atoms with Crippen molar-refractivity contribution in [1.82, 2.24) is 9.78 Å². The van der Waals surface area contributed by atoms with Crippen LogP contribution in [0.25, 0.3) is 0 Å². The van der Waals surface area contributed by atoms with Crippen LogP contribution in [0.5, 0.6) is 5.75 Å². The molecule has 1 unspecified atom stereocenters. The number of aliphatic hydroxyl groups is 1. The quantitative estimate of drug-likeness (QED) is 0.918. The summed E-state index contributed by atoms with van der Waals surface area (Å²) < 4.78 is 7.21. The number of ether oxygens (including phenoxy) is 1. The van der Waals surface area contributed by atoms with E-state index in [2.05, 4.69) is 31.1 Å². The summed E-state index contributed by atoms with van der Waals surface area (Å²) in [6.07, 6.45) is 1.90. The Morgan fingerprint density at radius 1 is 1.24 bits per heavy atom. The molecule has 0 fully saturated rings. The number of aliphatic hydroxyl groups excluding tert-OH is 1. The highest BCUT2D eigenvalue weighted by atomic mass is 16.5. The average molecular weight is 288 g/mol. The summed E-state index contributed by atoms with van der Waals surface area (Å²) in [5.41, 5.74) is 5.05. The van der Waals surface area contributed by atoms with Crippen LogP contribution < -0.4 is 4.74 Å². The maximum absolute atomic E-state index is 10.9. The van der Waals surface area contributed by atoms with E-state index in [4.69, 9.17) is 4.74 Å². The molecule has 21 heavy (non-hydrogen) atoms. The first-order valence-electron chi connectivity index (χ1n) is 7.35. The number of methoxy groups -OCH3 is 1. The van der Waals surface area contributed by atoms with Gasteiger partial charge >= 0.3 is 0 Å². The molecule has 1 aromatic carbocycles. The molecule has 0 saturated heterocycles. The number of nitrogens with zero attached hydrogens (tertiary/aromatic N) is 2. The Morgan fingerprint density at radius 3 is 2.38 bits per heavy atom. The third-order valence-corrected chi connectivity index (χ3v) is 3.77. The first kappa shape index (κ1) is 15.6. The third kappa shape index (κ3) is 2.95. The van der Waals surface area contributed by atoms with E-state index < -0.39 is 6.10 Å². The van der Waals surface area contributed by atoms with Crippen LogP contribution in [0.3, 0.4) is 0 Å². The lowest BCUT2D eigenvalue weighted by atomic mass is 9.94. The highest BCUT2D eigenvalue weighted by Gasteiger charge is 2.24. The molecule has 1 aromatic heterocycles. The summed E-state index contributed by atoms with van der Waals surface area (Å²) in [5.74, 6) is 0.635. The molecule has 0 amide bonds. The Kier molecular flexibility index (Phi) is 4.68. The predicted octanol–water partition coefficient (Wildman–Crippen LogP) is 3.31. The van der Waals surface area contributed by atoms with E-state index in [1.165, 1.54) is 5.56 Å². The van der Waals surface area contributed by atoms with Gasteiger partial charge in [-0.05, 0) is 43.9 Å². The van der Waals surface area contributed by atoms with Gasteiger partial charge in [-0.25, -0.2) is 0 Å². The lowest BCUT2D eigenvalue weighted by Gasteiger charge is -2.19. The van der Waals surface area contributed by atoms with E-state index in [9.17, 15) is 5.11 Å². The molecule has 0 aliphatic rings. The van der Waals surface area contributed by atoms with Gasteiger partial charge in [0.25, 0.3) is 0 Å². The topological polar surface area (TPSA) is 47.3 Å². The van der Waals surface area contributed by atoms with Crippen LogP contribution in [-0.2, 0) is 6.54 Å². The zero-order valence-electron chi connectivity index (χ0n) is 13.5. The molecule has 4 heteroatoms. The van der Waals surface area contributed by atoms with Gasteiger partial charge in [0, 0.05) is 6.54 Å². The summed E-state index contributed by atoms with van der Waals surface area (Å²) in [4.78, 5) is 0. The van der Waals surface area contributed by atoms with Crippen LogP contribution in [0.1, 0.15) is 47.4 Å². The van der Waals surface area contributed by atoms with Gasteiger partial charge in [-0.15, -0.1) is 0 Å². The summed E-state index contributed by atoms with van der Waals surface area (Å²) in [6.45, 7) is 8.99. The van der Waals surface area contributed by atoms with E-state index in [1.807, 2.05) is 18.5 Å². The normalized spacial score (nSPS) is 12.5. The van der Waals surface area contributed by atoms with Gasteiger partial charge in [0.2, 0.25) is 0 Å². The number of aryl methyl sites for hydroxylation is 4. The lowest BCUT2D eigenvalue weighted by molar-refractivity contribution is 0.200. The average Bonchev–Trinajstić information content (AvgIpc) is 2.80. The van der Waals surface area contributed by atoms with Gasteiger partial charge in [-0.3, -0.25) is 4.68 Å². The lowest BCUT2D eigenvalue weighted by Crippen LogP contribution is -2.13. The minimum absolute atomic E-state index is 0.635. The second kappa shape index (κ2) is 6.31. The fourth-order valence-electron chi connectivity index (χ4n) is 2.96. The summed E-state index contributed by atoms with van der Waals surface area (Å²) in [6, 6.07) is 4.19. The minimum atomic E-state index is -0.727. The van der Waals surface area contributed by atoms with E-state index in [0.717, 1.165) is 35.3 Å². The molecule has 1 N–H and O–H groups in total. The molecule has 2 rings (SSSR count). The first-order valence-corrected chi connectivity index (χ1v) is 7.35. The molecule has 0 bridgehead atoms. The van der Waals surface area contributed by atoms with Crippen molar-refractivity contribution in [2.75, 3.05) is 7.11 Å². The largest absolute Gasteiger partial charge is 0.493 e. The van der Waals surface area contributed by atoms with Crippen LogP contribution in [-0.4, -0.2) is 22.0 Å². The number of hydrogen-bond donors (Lipinski definition) is 1. The Balaban J connectivity index is 2.54. The number of rotatable bonds is 5. The smallest absolute Gasteiger partial charge is 0.163 e. The van der Waals surface area contributed by atoms with Crippen LogP contribution in [0.15, 0.2) is 18.3 Å². The molecular weight excluding hydrogens is 264 g/mol. The van der Waals surface area contributed by atoms with Crippen LogP contribution >= 0.6 is 0 Å². The third-order valence-electron chi connectivity index (χ3n) is 3.77. The maximum atomic E-state index is 10.9. The summed E-state index contributed by atoms with van der Waals surface area (Å²) >= 11 is 0. The van der Waals surface area contributed by atoms with E-state index in [0.29, 0.717) is 5.75 Å². The zero-order valence-corrected chi connectivity index (χ0v) is 13.5. The highest BCUT2D eigenvalue weighted by Crippen LogP contribution is 2.33. The highest BCUT2D eigenvalue weighted by molar-refractivity contribution is 5.44. The minimum Gasteiger partial charge on any atom is -0.493 e. The fourth-order valence-corrected chi connectivity index (χ4v) is 2.96. The second-order valence-corrected chi connectivity index (χ2v) is 5.54. The summed E-state index contributed by atoms with van der Waals surface area (Å²) in [5, 5.41) is 15.2. The molecule has 0 aliphatic heterocycles. The van der Waals surface area contributed by atoms with Crippen molar-refractivity contribution in [2.45, 2.75) is 46.8 Å². The molecule has 0 spiro atoms. The molecular formula is C17H24N2O2. The van der Waals surface area contributed by atoms with Gasteiger partial charge in [0.15, 0.2) is 5.75 Å². The molecule has 114 valence electrons. The van der Waals surface area contributed by atoms with Crippen LogP contribution in [0.4, 0.5) is 0 Å². The monoisotopic (exact) mass is 288 g/mol. The van der Waals surface area contributed by atoms with Crippen molar-refractivity contribution in [1.29, 1.82) is 0 Å². The molecule has 0 aliphatic carbocycles. The van der Waals surface area contributed by atoms with Crippen LogP contribution in [0, 0.1) is 20.8 Å². The van der Waals surface area contributed by atoms with Crippen molar-refractivity contribution in [3.63, 3.8) is 0 Å². The molecule has 4 nitrogen and oxygen atoms in total. The van der Waals surface area contributed by atoms with Crippen LogP contribution in [0.2, 0.25) is 0 Å². The van der Waals surface area contributed by atoms with Crippen molar-refractivity contribution >= 4 is 0 Å². The maximum Gasteiger partial charge on any atom is 0.163 e. The van der Waals surface area contributed by atoms with Gasteiger partial charge in [0.05, 0.1) is 13.3 Å². The predicted molar refractivity (Wildman–Crippen MR) is 83.8 cm³/mol. The van der Waals surface area contributed by atoms with Gasteiger partial charge in [-0.1, -0.05) is 24.6 Å². The van der Waals surface area contributed by atoms with Crippen molar-refractivity contribution < 1.29 is 9.84 Å². The number of aromatic nitrogens is 2. The summed E-state index contributed by atoms with van der Waals surface area (Å²) in [7, 11) is 1.61. The Bertz CT molecular complexity index is 609. The first-order chi connectivity index (χ1) is 9.99. The number of benzene rings is 1. The Hall–Kier alpha value is -1.81. The van der Waals surface area contributed by atoms with E-state index >= 15 is 0 Å². The molecule has 1 heterocycles. The number of hydrogen-bond acceptors (Lipinski definition) is 3. The van der Waals surface area contributed by atoms with E-state index in [-0.39, 0.29) is 0 Å². The zero-order chi connectivity index (χ0) is 15.6. The van der Waals surface area contributed by atoms with Crippen molar-refractivity contribution in [3.8, 4) is 5.75 Å². The Morgan fingerprint density at radius 2 is 1.86 bits per heavy atom. The molecule has 0 radical (unpaired) electrons. The molecule has 0 saturated carbocycles. The standard InChI is InChI=1S/C17H24N2O2/c1-6-7-19-16(14(21-5)10-18-19)17(20)15-12(3)8-11(2)9-13(15)4/h8-10,17,20H,6-7H2,1-5H3. The molecule has 1 atom stereocenters. The molecule has 2 aromatic rings. The second-order valence-electron chi connectivity index (χ2n) is 5.54. The van der Waals surface area contributed by atoms with Crippen molar-refractivity contribution in [2.24, 2.45) is 0 Å². The van der Waals surface area contributed by atoms with Crippen molar-refractivity contribution in [3.05, 3.63) is 46.3 Å². The fraction of sp³-hybridized carbons (Fsp3) is 0.471. The van der Waals surface area contributed by atoms with Gasteiger partial charge in [-0.2, -0.15) is 5.10 Å². The van der Waals surface area contributed by atoms with E-state index in [1.54, 1.807) is 13.3 Å².